The third kappa shape index (κ3) is 2.55. The quantitative estimate of drug-likeness (QED) is 0.801. The number of carbonyl (C=O) groups is 1. The van der Waals surface area contributed by atoms with Gasteiger partial charge >= 0.3 is 0 Å². The van der Waals surface area contributed by atoms with E-state index in [-0.39, 0.29) is 5.78 Å². The first-order valence-corrected chi connectivity index (χ1v) is 5.96. The Morgan fingerprint density at radius 3 is 2.76 bits per heavy atom. The van der Waals surface area contributed by atoms with Crippen LogP contribution >= 0.6 is 0 Å². The molecule has 2 nitrogen and oxygen atoms in total. The van der Waals surface area contributed by atoms with E-state index in [2.05, 4.69) is 29.8 Å². The van der Waals surface area contributed by atoms with Gasteiger partial charge in [0, 0.05) is 13.0 Å². The van der Waals surface area contributed by atoms with Crippen molar-refractivity contribution in [2.24, 2.45) is 0 Å². The summed E-state index contributed by atoms with van der Waals surface area (Å²) in [4.78, 5) is 11.9. The van der Waals surface area contributed by atoms with Gasteiger partial charge in [-0.3, -0.25) is 10.1 Å². The van der Waals surface area contributed by atoms with Crippen LogP contribution in [0.4, 0.5) is 0 Å². The third-order valence-corrected chi connectivity index (χ3v) is 3.27. The molecule has 1 atom stereocenters. The highest BCUT2D eigenvalue weighted by atomic mass is 16.1. The van der Waals surface area contributed by atoms with Crippen LogP contribution in [0.15, 0.2) is 48.7 Å². The average Bonchev–Trinajstić information content (AvgIpc) is 2.71. The lowest BCUT2D eigenvalue weighted by Crippen LogP contribution is -2.46. The Morgan fingerprint density at radius 2 is 2.18 bits per heavy atom. The fourth-order valence-electron chi connectivity index (χ4n) is 2.31. The normalized spacial score (nSPS) is 23.4. The molecular weight excluding hydrogens is 210 g/mol. The summed E-state index contributed by atoms with van der Waals surface area (Å²) >= 11 is 0. The Kier molecular flexibility index (Phi) is 3.58. The summed E-state index contributed by atoms with van der Waals surface area (Å²) in [7, 11) is 0. The monoisotopic (exact) mass is 227 g/mol. The van der Waals surface area contributed by atoms with Crippen molar-refractivity contribution in [3.05, 3.63) is 54.3 Å². The molecule has 2 heteroatoms. The number of benzene rings is 1. The van der Waals surface area contributed by atoms with Crippen molar-refractivity contribution in [3.8, 4) is 0 Å². The van der Waals surface area contributed by atoms with Crippen molar-refractivity contribution in [3.63, 3.8) is 0 Å². The minimum atomic E-state index is -0.530. The Balaban J connectivity index is 2.09. The predicted molar refractivity (Wildman–Crippen MR) is 68.6 cm³/mol. The average molecular weight is 227 g/mol. The molecule has 2 rings (SSSR count). The molecule has 0 heterocycles. The zero-order valence-corrected chi connectivity index (χ0v) is 9.91. The van der Waals surface area contributed by atoms with Crippen LogP contribution in [-0.4, -0.2) is 11.3 Å². The second-order valence-corrected chi connectivity index (χ2v) is 4.44. The van der Waals surface area contributed by atoms with Gasteiger partial charge in [-0.2, -0.15) is 0 Å². The van der Waals surface area contributed by atoms with Crippen LogP contribution in [0.25, 0.3) is 0 Å². The van der Waals surface area contributed by atoms with Gasteiger partial charge in [0.2, 0.25) is 0 Å². The van der Waals surface area contributed by atoms with Crippen molar-refractivity contribution >= 4 is 5.78 Å². The molecule has 0 saturated heterocycles. The molecule has 1 aromatic rings. The van der Waals surface area contributed by atoms with E-state index < -0.39 is 5.54 Å². The van der Waals surface area contributed by atoms with E-state index in [1.165, 1.54) is 5.56 Å². The largest absolute Gasteiger partial charge is 0.297 e. The van der Waals surface area contributed by atoms with Crippen LogP contribution in [0.2, 0.25) is 0 Å². The molecule has 17 heavy (non-hydrogen) atoms. The molecule has 1 unspecified atom stereocenters. The zero-order valence-electron chi connectivity index (χ0n) is 9.91. The summed E-state index contributed by atoms with van der Waals surface area (Å²) in [6.45, 7) is 4.29. The Bertz CT molecular complexity index is 445. The molecule has 0 radical (unpaired) electrons. The van der Waals surface area contributed by atoms with Gasteiger partial charge in [0.05, 0.1) is 0 Å². The molecule has 1 N–H and O–H groups in total. The highest BCUT2D eigenvalue weighted by Crippen LogP contribution is 2.27. The van der Waals surface area contributed by atoms with Crippen molar-refractivity contribution in [1.82, 2.24) is 5.32 Å². The molecule has 0 bridgehead atoms. The smallest absolute Gasteiger partial charge is 0.157 e. The van der Waals surface area contributed by atoms with Crippen LogP contribution in [0.1, 0.15) is 24.8 Å². The van der Waals surface area contributed by atoms with Crippen LogP contribution < -0.4 is 5.32 Å². The Hall–Kier alpha value is -1.63. The molecule has 1 aromatic carbocycles. The standard InChI is InChI=1S/C15H17NO/c1-2-10-15(11-6-9-14(15)17)16-12-13-7-4-3-5-8-13/h3-5,7-8,10,16H,1,6,9,11-12H2. The van der Waals surface area contributed by atoms with Crippen molar-refractivity contribution < 1.29 is 4.79 Å². The highest BCUT2D eigenvalue weighted by molar-refractivity contribution is 5.92. The molecular formula is C15H17NO. The summed E-state index contributed by atoms with van der Waals surface area (Å²) in [6, 6.07) is 10.1. The lowest BCUT2D eigenvalue weighted by molar-refractivity contribution is -0.121. The van der Waals surface area contributed by atoms with Gasteiger partial charge in [-0.25, -0.2) is 0 Å². The molecule has 0 spiro atoms. The van der Waals surface area contributed by atoms with Gasteiger partial charge in [0.15, 0.2) is 5.78 Å². The maximum atomic E-state index is 11.9. The lowest BCUT2D eigenvalue weighted by atomic mass is 9.96. The minimum absolute atomic E-state index is 0.254. The molecule has 1 saturated carbocycles. The number of carbonyl (C=O) groups excluding carboxylic acids is 1. The van der Waals surface area contributed by atoms with E-state index in [0.29, 0.717) is 13.0 Å². The van der Waals surface area contributed by atoms with Crippen LogP contribution in [-0.2, 0) is 11.3 Å². The fraction of sp³-hybridized carbons (Fsp3) is 0.333. The van der Waals surface area contributed by atoms with Gasteiger partial charge in [0.25, 0.3) is 0 Å². The number of nitrogens with one attached hydrogen (secondary N) is 1. The second kappa shape index (κ2) is 5.13. The SMILES string of the molecule is C=C=CC1(NCc2ccccc2)CCCC1=O. The summed E-state index contributed by atoms with van der Waals surface area (Å²) in [6.07, 6.45) is 4.23. The van der Waals surface area contributed by atoms with E-state index in [1.807, 2.05) is 18.2 Å². The minimum Gasteiger partial charge on any atom is -0.297 e. The summed E-state index contributed by atoms with van der Waals surface area (Å²) in [5, 5.41) is 3.35. The van der Waals surface area contributed by atoms with Crippen LogP contribution in [0.3, 0.4) is 0 Å². The van der Waals surface area contributed by atoms with E-state index >= 15 is 0 Å². The van der Waals surface area contributed by atoms with E-state index in [1.54, 1.807) is 6.08 Å². The van der Waals surface area contributed by atoms with Crippen LogP contribution in [0.5, 0.6) is 0 Å². The number of hydrogen-bond donors (Lipinski definition) is 1. The molecule has 1 aliphatic rings. The van der Waals surface area contributed by atoms with Crippen molar-refractivity contribution in [2.45, 2.75) is 31.3 Å². The Labute approximate surface area is 102 Å². The Morgan fingerprint density at radius 1 is 1.41 bits per heavy atom. The second-order valence-electron chi connectivity index (χ2n) is 4.44. The topological polar surface area (TPSA) is 29.1 Å². The van der Waals surface area contributed by atoms with E-state index in [9.17, 15) is 4.79 Å². The van der Waals surface area contributed by atoms with E-state index in [4.69, 9.17) is 0 Å². The van der Waals surface area contributed by atoms with E-state index in [0.717, 1.165) is 12.8 Å². The zero-order chi connectivity index (χ0) is 12.1. The molecule has 0 aromatic heterocycles. The van der Waals surface area contributed by atoms with Gasteiger partial charge in [-0.1, -0.05) is 36.9 Å². The fourth-order valence-corrected chi connectivity index (χ4v) is 2.31. The first-order valence-electron chi connectivity index (χ1n) is 5.96. The van der Waals surface area contributed by atoms with Gasteiger partial charge in [0.1, 0.15) is 5.54 Å². The third-order valence-electron chi connectivity index (χ3n) is 3.27. The van der Waals surface area contributed by atoms with Gasteiger partial charge in [-0.15, -0.1) is 5.73 Å². The number of hydrogen-bond acceptors (Lipinski definition) is 2. The summed E-state index contributed by atoms with van der Waals surface area (Å²) in [5.41, 5.74) is 3.41. The maximum Gasteiger partial charge on any atom is 0.157 e. The lowest BCUT2D eigenvalue weighted by Gasteiger charge is -2.24. The predicted octanol–water partition coefficient (Wildman–Crippen LogP) is 2.61. The number of rotatable bonds is 4. The van der Waals surface area contributed by atoms with Gasteiger partial charge < -0.3 is 0 Å². The van der Waals surface area contributed by atoms with Crippen molar-refractivity contribution in [1.29, 1.82) is 0 Å². The van der Waals surface area contributed by atoms with Crippen LogP contribution in [0, 0.1) is 0 Å². The molecule has 1 fully saturated rings. The number of Topliss-reactive ketones (excluding diaryl/α,β-unsaturated/α-hetero) is 1. The van der Waals surface area contributed by atoms with Gasteiger partial charge in [-0.05, 0) is 24.5 Å². The highest BCUT2D eigenvalue weighted by Gasteiger charge is 2.39. The van der Waals surface area contributed by atoms with Crippen molar-refractivity contribution in [2.75, 3.05) is 0 Å². The molecule has 0 aliphatic heterocycles. The molecule has 0 amide bonds. The summed E-state index contributed by atoms with van der Waals surface area (Å²) in [5.74, 6) is 0.254. The first-order chi connectivity index (χ1) is 8.27. The molecule has 88 valence electrons. The molecule has 1 aliphatic carbocycles. The maximum absolute atomic E-state index is 11.9. The first kappa shape index (κ1) is 11.8. The summed E-state index contributed by atoms with van der Waals surface area (Å²) < 4.78 is 0. The number of ketones is 1.